The SMILES string of the molecule is C.C.CCC(C)(C)C(=O)OCCCCCOC(=O)C(C)(C)CC. The fraction of sp³-hybridized carbons (Fsp3) is 0.895. The number of ether oxygens (including phenoxy) is 2. The van der Waals surface area contributed by atoms with Crippen LogP contribution < -0.4 is 0 Å². The van der Waals surface area contributed by atoms with Crippen LogP contribution >= 0.6 is 0 Å². The fourth-order valence-corrected chi connectivity index (χ4v) is 1.39. The second-order valence-electron chi connectivity index (χ2n) is 6.81. The molecular formula is C19H40O4. The third kappa shape index (κ3) is 10.4. The van der Waals surface area contributed by atoms with Crippen molar-refractivity contribution in [2.24, 2.45) is 10.8 Å². The van der Waals surface area contributed by atoms with Crippen molar-refractivity contribution in [2.45, 2.75) is 88.5 Å². The lowest BCUT2D eigenvalue weighted by Gasteiger charge is -2.20. The summed E-state index contributed by atoms with van der Waals surface area (Å²) in [6.45, 7) is 12.4. The number of hydrogen-bond acceptors (Lipinski definition) is 4. The van der Waals surface area contributed by atoms with E-state index in [0.29, 0.717) is 13.2 Å². The molecule has 0 aliphatic carbocycles. The van der Waals surface area contributed by atoms with Gasteiger partial charge in [0.15, 0.2) is 0 Å². The van der Waals surface area contributed by atoms with E-state index in [9.17, 15) is 9.59 Å². The van der Waals surface area contributed by atoms with E-state index in [1.807, 2.05) is 41.5 Å². The lowest BCUT2D eigenvalue weighted by Crippen LogP contribution is -2.26. The van der Waals surface area contributed by atoms with Crippen LogP contribution in [0.5, 0.6) is 0 Å². The van der Waals surface area contributed by atoms with Gasteiger partial charge < -0.3 is 9.47 Å². The third-order valence-electron chi connectivity index (χ3n) is 4.13. The van der Waals surface area contributed by atoms with Gasteiger partial charge in [-0.25, -0.2) is 0 Å². The van der Waals surface area contributed by atoms with Gasteiger partial charge in [-0.3, -0.25) is 9.59 Å². The summed E-state index contributed by atoms with van der Waals surface area (Å²) in [6.07, 6.45) is 4.05. The van der Waals surface area contributed by atoms with Crippen molar-refractivity contribution in [1.29, 1.82) is 0 Å². The van der Waals surface area contributed by atoms with Crippen LogP contribution in [0, 0.1) is 10.8 Å². The highest BCUT2D eigenvalue weighted by Crippen LogP contribution is 2.22. The molecule has 0 atom stereocenters. The molecule has 0 spiro atoms. The molecule has 0 saturated carbocycles. The Hall–Kier alpha value is -1.06. The molecule has 140 valence electrons. The minimum absolute atomic E-state index is 0. The summed E-state index contributed by atoms with van der Waals surface area (Å²) < 4.78 is 10.5. The van der Waals surface area contributed by atoms with Crippen LogP contribution in [0.3, 0.4) is 0 Å². The van der Waals surface area contributed by atoms with E-state index < -0.39 is 10.8 Å². The zero-order valence-corrected chi connectivity index (χ0v) is 14.6. The molecule has 0 aromatic rings. The van der Waals surface area contributed by atoms with Crippen LogP contribution in [0.15, 0.2) is 0 Å². The molecule has 0 unspecified atom stereocenters. The minimum atomic E-state index is -0.402. The summed E-state index contributed by atoms with van der Waals surface area (Å²) in [5.41, 5.74) is -0.803. The van der Waals surface area contributed by atoms with Gasteiger partial charge >= 0.3 is 11.9 Å². The van der Waals surface area contributed by atoms with Crippen molar-refractivity contribution in [3.63, 3.8) is 0 Å². The third-order valence-corrected chi connectivity index (χ3v) is 4.13. The Labute approximate surface area is 144 Å². The number of carbonyl (C=O) groups excluding carboxylic acids is 2. The van der Waals surface area contributed by atoms with E-state index in [0.717, 1.165) is 32.1 Å². The van der Waals surface area contributed by atoms with Crippen molar-refractivity contribution >= 4 is 11.9 Å². The van der Waals surface area contributed by atoms with Crippen LogP contribution in [-0.2, 0) is 19.1 Å². The molecule has 23 heavy (non-hydrogen) atoms. The maximum atomic E-state index is 11.7. The molecule has 0 saturated heterocycles. The van der Waals surface area contributed by atoms with Gasteiger partial charge in [-0.05, 0) is 59.8 Å². The summed E-state index contributed by atoms with van der Waals surface area (Å²) in [5, 5.41) is 0. The number of esters is 2. The standard InChI is InChI=1S/C17H32O4.2CH4/c1-7-16(3,4)14(18)20-12-10-9-11-13-21-15(19)17(5,6)8-2;;/h7-13H2,1-6H3;2*1H4. The Morgan fingerprint density at radius 1 is 0.696 bits per heavy atom. The number of unbranched alkanes of at least 4 members (excludes halogenated alkanes) is 2. The zero-order valence-electron chi connectivity index (χ0n) is 14.6. The smallest absolute Gasteiger partial charge is 0.311 e. The quantitative estimate of drug-likeness (QED) is 0.397. The Morgan fingerprint density at radius 3 is 1.26 bits per heavy atom. The summed E-state index contributed by atoms with van der Waals surface area (Å²) >= 11 is 0. The predicted molar refractivity (Wildman–Crippen MR) is 97.4 cm³/mol. The first-order chi connectivity index (χ1) is 9.67. The Bertz CT molecular complexity index is 300. The van der Waals surface area contributed by atoms with E-state index in [4.69, 9.17) is 9.47 Å². The molecule has 0 aliphatic rings. The molecule has 0 amide bonds. The first kappa shape index (κ1) is 26.8. The van der Waals surface area contributed by atoms with E-state index in [1.165, 1.54) is 0 Å². The van der Waals surface area contributed by atoms with Gasteiger partial charge in [-0.1, -0.05) is 28.7 Å². The van der Waals surface area contributed by atoms with Crippen LogP contribution in [0.2, 0.25) is 0 Å². The molecule has 0 fully saturated rings. The van der Waals surface area contributed by atoms with Gasteiger partial charge in [0.25, 0.3) is 0 Å². The van der Waals surface area contributed by atoms with Gasteiger partial charge in [0.2, 0.25) is 0 Å². The first-order valence-corrected chi connectivity index (χ1v) is 8.02. The molecular weight excluding hydrogens is 292 g/mol. The van der Waals surface area contributed by atoms with Crippen LogP contribution in [0.25, 0.3) is 0 Å². The topological polar surface area (TPSA) is 52.6 Å². The van der Waals surface area contributed by atoms with Gasteiger partial charge in [-0.2, -0.15) is 0 Å². The van der Waals surface area contributed by atoms with Crippen molar-refractivity contribution in [3.05, 3.63) is 0 Å². The molecule has 0 heterocycles. The van der Waals surface area contributed by atoms with E-state index in [2.05, 4.69) is 0 Å². The molecule has 0 rings (SSSR count). The van der Waals surface area contributed by atoms with Gasteiger partial charge in [-0.15, -0.1) is 0 Å². The van der Waals surface area contributed by atoms with E-state index in [-0.39, 0.29) is 26.8 Å². The predicted octanol–water partition coefficient (Wildman–Crippen LogP) is 5.39. The summed E-state index contributed by atoms with van der Waals surface area (Å²) in [7, 11) is 0. The highest BCUT2D eigenvalue weighted by atomic mass is 16.5. The second-order valence-corrected chi connectivity index (χ2v) is 6.81. The van der Waals surface area contributed by atoms with Crippen LogP contribution in [0.1, 0.15) is 88.5 Å². The monoisotopic (exact) mass is 332 g/mol. The molecule has 4 nitrogen and oxygen atoms in total. The summed E-state index contributed by atoms with van der Waals surface area (Å²) in [4.78, 5) is 23.5. The largest absolute Gasteiger partial charge is 0.465 e. The maximum Gasteiger partial charge on any atom is 0.311 e. The molecule has 0 N–H and O–H groups in total. The second kappa shape index (κ2) is 12.4. The number of carbonyl (C=O) groups is 2. The van der Waals surface area contributed by atoms with Crippen molar-refractivity contribution < 1.29 is 19.1 Å². The van der Waals surface area contributed by atoms with Crippen molar-refractivity contribution in [1.82, 2.24) is 0 Å². The maximum absolute atomic E-state index is 11.7. The van der Waals surface area contributed by atoms with Crippen LogP contribution in [0.4, 0.5) is 0 Å². The molecule has 4 heteroatoms. The first-order valence-electron chi connectivity index (χ1n) is 8.02. The minimum Gasteiger partial charge on any atom is -0.465 e. The fourth-order valence-electron chi connectivity index (χ4n) is 1.39. The molecule has 0 bridgehead atoms. The normalized spacial score (nSPS) is 11.0. The van der Waals surface area contributed by atoms with Crippen molar-refractivity contribution in [2.75, 3.05) is 13.2 Å². The summed E-state index contributed by atoms with van der Waals surface area (Å²) in [5.74, 6) is -0.276. The molecule has 0 aliphatic heterocycles. The average molecular weight is 333 g/mol. The Morgan fingerprint density at radius 2 is 1.00 bits per heavy atom. The molecule has 0 radical (unpaired) electrons. The molecule has 0 aromatic heterocycles. The van der Waals surface area contributed by atoms with Crippen molar-refractivity contribution in [3.8, 4) is 0 Å². The number of rotatable bonds is 10. The van der Waals surface area contributed by atoms with Gasteiger partial charge in [0, 0.05) is 0 Å². The Balaban J connectivity index is -0.00000200. The highest BCUT2D eigenvalue weighted by Gasteiger charge is 2.27. The Kier molecular flexibility index (Phi) is 14.4. The number of hydrogen-bond donors (Lipinski definition) is 0. The van der Waals surface area contributed by atoms with E-state index >= 15 is 0 Å². The van der Waals surface area contributed by atoms with Gasteiger partial charge in [0.1, 0.15) is 0 Å². The zero-order chi connectivity index (χ0) is 16.5. The van der Waals surface area contributed by atoms with E-state index in [1.54, 1.807) is 0 Å². The molecule has 0 aromatic carbocycles. The lowest BCUT2D eigenvalue weighted by atomic mass is 9.91. The summed E-state index contributed by atoms with van der Waals surface area (Å²) in [6, 6.07) is 0. The average Bonchev–Trinajstić information content (AvgIpc) is 2.45. The van der Waals surface area contributed by atoms with Gasteiger partial charge in [0.05, 0.1) is 24.0 Å². The van der Waals surface area contributed by atoms with Crippen LogP contribution in [-0.4, -0.2) is 25.2 Å². The lowest BCUT2D eigenvalue weighted by molar-refractivity contribution is -0.154. The highest BCUT2D eigenvalue weighted by molar-refractivity contribution is 5.76.